The third-order valence-corrected chi connectivity index (χ3v) is 3.73. The number of hydrogen-bond donors (Lipinski definition) is 1. The Hall–Kier alpha value is -1.88. The van der Waals surface area contributed by atoms with Crippen molar-refractivity contribution in [3.8, 4) is 0 Å². The maximum absolute atomic E-state index is 13.5. The lowest BCUT2D eigenvalue weighted by Gasteiger charge is -2.22. The van der Waals surface area contributed by atoms with Crippen molar-refractivity contribution in [3.63, 3.8) is 0 Å². The first-order valence-corrected chi connectivity index (χ1v) is 6.95. The molecule has 0 spiro atoms. The maximum atomic E-state index is 13.5. The molecule has 2 aromatic rings. The number of rotatable bonds is 3. The number of amides is 1. The standard InChI is InChI=1S/C15H14BrFN2O/c1-2-19(11-6-3-5-10(18)9-11)15(20)12-7-4-8-13(17)14(12)16/h3-9H,2,18H2,1H3. The lowest BCUT2D eigenvalue weighted by molar-refractivity contribution is 0.0987. The molecule has 5 heteroatoms. The predicted molar refractivity (Wildman–Crippen MR) is 82.3 cm³/mol. The minimum Gasteiger partial charge on any atom is -0.399 e. The third-order valence-electron chi connectivity index (χ3n) is 2.93. The Kier molecular flexibility index (Phi) is 4.39. The molecular weight excluding hydrogens is 323 g/mol. The minimum absolute atomic E-state index is 0.173. The van der Waals surface area contributed by atoms with Crippen LogP contribution in [-0.2, 0) is 0 Å². The summed E-state index contributed by atoms with van der Waals surface area (Å²) in [4.78, 5) is 14.1. The first kappa shape index (κ1) is 14.5. The quantitative estimate of drug-likeness (QED) is 0.865. The largest absolute Gasteiger partial charge is 0.399 e. The van der Waals surface area contributed by atoms with Gasteiger partial charge in [-0.3, -0.25) is 4.79 Å². The zero-order valence-corrected chi connectivity index (χ0v) is 12.5. The predicted octanol–water partition coefficient (Wildman–Crippen LogP) is 3.84. The number of nitrogens with zero attached hydrogens (tertiary/aromatic N) is 1. The molecular formula is C15H14BrFN2O. The van der Waals surface area contributed by atoms with Crippen molar-refractivity contribution in [1.29, 1.82) is 0 Å². The highest BCUT2D eigenvalue weighted by atomic mass is 79.9. The van der Waals surface area contributed by atoms with E-state index in [4.69, 9.17) is 5.73 Å². The molecule has 0 saturated heterocycles. The van der Waals surface area contributed by atoms with E-state index < -0.39 is 5.82 Å². The van der Waals surface area contributed by atoms with Gasteiger partial charge in [0.05, 0.1) is 10.0 Å². The van der Waals surface area contributed by atoms with E-state index in [0.29, 0.717) is 17.9 Å². The molecule has 0 aliphatic carbocycles. The van der Waals surface area contributed by atoms with Crippen molar-refractivity contribution in [2.24, 2.45) is 0 Å². The van der Waals surface area contributed by atoms with Crippen LogP contribution in [0.1, 0.15) is 17.3 Å². The zero-order chi connectivity index (χ0) is 14.7. The highest BCUT2D eigenvalue weighted by Gasteiger charge is 2.20. The lowest BCUT2D eigenvalue weighted by Crippen LogP contribution is -2.31. The van der Waals surface area contributed by atoms with Crippen molar-refractivity contribution in [1.82, 2.24) is 0 Å². The zero-order valence-electron chi connectivity index (χ0n) is 10.9. The Bertz CT molecular complexity index is 646. The van der Waals surface area contributed by atoms with Crippen LogP contribution in [0.5, 0.6) is 0 Å². The fraction of sp³-hybridized carbons (Fsp3) is 0.133. The monoisotopic (exact) mass is 336 g/mol. The summed E-state index contributed by atoms with van der Waals surface area (Å²) in [5, 5.41) is 0. The molecule has 1 amide bonds. The summed E-state index contributed by atoms with van der Waals surface area (Å²) < 4.78 is 13.7. The first-order chi connectivity index (χ1) is 9.54. The topological polar surface area (TPSA) is 46.3 Å². The highest BCUT2D eigenvalue weighted by molar-refractivity contribution is 9.10. The van der Waals surface area contributed by atoms with Gasteiger partial charge in [0.1, 0.15) is 5.82 Å². The van der Waals surface area contributed by atoms with E-state index in [2.05, 4.69) is 15.9 Å². The molecule has 3 nitrogen and oxygen atoms in total. The van der Waals surface area contributed by atoms with Gasteiger partial charge in [-0.15, -0.1) is 0 Å². The third kappa shape index (κ3) is 2.82. The van der Waals surface area contributed by atoms with E-state index in [-0.39, 0.29) is 15.9 Å². The number of nitrogens with two attached hydrogens (primary N) is 1. The van der Waals surface area contributed by atoms with Crippen LogP contribution in [0.3, 0.4) is 0 Å². The summed E-state index contributed by atoms with van der Waals surface area (Å²) in [6, 6.07) is 11.4. The maximum Gasteiger partial charge on any atom is 0.259 e. The molecule has 0 aromatic heterocycles. The van der Waals surface area contributed by atoms with Crippen LogP contribution in [0, 0.1) is 5.82 Å². The summed E-state index contributed by atoms with van der Waals surface area (Å²) in [6.07, 6.45) is 0. The summed E-state index contributed by atoms with van der Waals surface area (Å²) >= 11 is 3.12. The average Bonchev–Trinajstić information content (AvgIpc) is 2.42. The van der Waals surface area contributed by atoms with Crippen LogP contribution in [0.25, 0.3) is 0 Å². The van der Waals surface area contributed by atoms with Crippen molar-refractivity contribution in [2.75, 3.05) is 17.2 Å². The van der Waals surface area contributed by atoms with Gasteiger partial charge in [-0.2, -0.15) is 0 Å². The second kappa shape index (κ2) is 6.05. The van der Waals surface area contributed by atoms with Gasteiger partial charge in [-0.1, -0.05) is 12.1 Å². The molecule has 0 aliphatic rings. The summed E-state index contributed by atoms with van der Waals surface area (Å²) in [6.45, 7) is 2.32. The number of carbonyl (C=O) groups is 1. The van der Waals surface area contributed by atoms with Crippen LogP contribution < -0.4 is 10.6 Å². The molecule has 0 atom stereocenters. The fourth-order valence-electron chi connectivity index (χ4n) is 1.95. The number of nitrogen functional groups attached to an aromatic ring is 1. The van der Waals surface area contributed by atoms with E-state index >= 15 is 0 Å². The van der Waals surface area contributed by atoms with Crippen LogP contribution in [0.2, 0.25) is 0 Å². The Morgan fingerprint density at radius 2 is 2.00 bits per heavy atom. The molecule has 0 aliphatic heterocycles. The van der Waals surface area contributed by atoms with Crippen molar-refractivity contribution in [3.05, 3.63) is 58.3 Å². The first-order valence-electron chi connectivity index (χ1n) is 6.16. The smallest absolute Gasteiger partial charge is 0.259 e. The van der Waals surface area contributed by atoms with Gasteiger partial charge < -0.3 is 10.6 Å². The summed E-state index contributed by atoms with van der Waals surface area (Å²) in [5.41, 5.74) is 7.29. The SMILES string of the molecule is CCN(C(=O)c1cccc(F)c1Br)c1cccc(N)c1. The fourth-order valence-corrected chi connectivity index (χ4v) is 2.38. The van der Waals surface area contributed by atoms with Gasteiger partial charge in [0, 0.05) is 17.9 Å². The van der Waals surface area contributed by atoms with Gasteiger partial charge in [-0.25, -0.2) is 4.39 Å². The number of carbonyl (C=O) groups excluding carboxylic acids is 1. The minimum atomic E-state index is -0.459. The second-order valence-electron chi connectivity index (χ2n) is 4.25. The van der Waals surface area contributed by atoms with E-state index in [1.807, 2.05) is 6.92 Å². The number of hydrogen-bond acceptors (Lipinski definition) is 2. The lowest BCUT2D eigenvalue weighted by atomic mass is 10.1. The molecule has 2 N–H and O–H groups in total. The van der Waals surface area contributed by atoms with Crippen molar-refractivity contribution >= 4 is 33.2 Å². The van der Waals surface area contributed by atoms with Crippen LogP contribution >= 0.6 is 15.9 Å². The molecule has 0 radical (unpaired) electrons. The molecule has 2 aromatic carbocycles. The van der Waals surface area contributed by atoms with Crippen LogP contribution in [0.4, 0.5) is 15.8 Å². The second-order valence-corrected chi connectivity index (χ2v) is 5.04. The number of halogens is 2. The Balaban J connectivity index is 2.42. The Morgan fingerprint density at radius 1 is 1.30 bits per heavy atom. The molecule has 0 unspecified atom stereocenters. The van der Waals surface area contributed by atoms with Crippen LogP contribution in [0.15, 0.2) is 46.9 Å². The molecule has 0 bridgehead atoms. The van der Waals surface area contributed by atoms with E-state index in [1.54, 1.807) is 35.2 Å². The highest BCUT2D eigenvalue weighted by Crippen LogP contribution is 2.25. The molecule has 0 saturated carbocycles. The van der Waals surface area contributed by atoms with Crippen LogP contribution in [-0.4, -0.2) is 12.5 Å². The van der Waals surface area contributed by atoms with Crippen molar-refractivity contribution < 1.29 is 9.18 Å². The summed E-state index contributed by atoms with van der Waals surface area (Å²) in [5.74, 6) is -0.732. The van der Waals surface area contributed by atoms with Gasteiger partial charge in [0.15, 0.2) is 0 Å². The van der Waals surface area contributed by atoms with Crippen molar-refractivity contribution in [2.45, 2.75) is 6.92 Å². The molecule has 2 rings (SSSR count). The van der Waals surface area contributed by atoms with Gasteiger partial charge >= 0.3 is 0 Å². The number of anilines is 2. The van der Waals surface area contributed by atoms with E-state index in [1.165, 1.54) is 12.1 Å². The van der Waals surface area contributed by atoms with Gasteiger partial charge in [-0.05, 0) is 53.2 Å². The molecule has 20 heavy (non-hydrogen) atoms. The average molecular weight is 337 g/mol. The van der Waals surface area contributed by atoms with E-state index in [9.17, 15) is 9.18 Å². The normalized spacial score (nSPS) is 10.3. The molecule has 0 heterocycles. The Labute approximate surface area is 125 Å². The van der Waals surface area contributed by atoms with Gasteiger partial charge in [0.2, 0.25) is 0 Å². The van der Waals surface area contributed by atoms with E-state index in [0.717, 1.165) is 0 Å². The Morgan fingerprint density at radius 3 is 2.65 bits per heavy atom. The molecule has 104 valence electrons. The number of benzene rings is 2. The molecule has 0 fully saturated rings. The van der Waals surface area contributed by atoms with Gasteiger partial charge in [0.25, 0.3) is 5.91 Å². The summed E-state index contributed by atoms with van der Waals surface area (Å²) in [7, 11) is 0.